The highest BCUT2D eigenvalue weighted by Gasteiger charge is 2.41. The van der Waals surface area contributed by atoms with Gasteiger partial charge < -0.3 is 14.2 Å². The van der Waals surface area contributed by atoms with Crippen LogP contribution in [0.2, 0.25) is 0 Å². The number of benzene rings is 1. The monoisotopic (exact) mass is 264 g/mol. The molecule has 3 nitrogen and oxygen atoms in total. The van der Waals surface area contributed by atoms with Crippen molar-refractivity contribution in [2.24, 2.45) is 0 Å². The van der Waals surface area contributed by atoms with Crippen LogP contribution >= 0.6 is 0 Å². The Balaban J connectivity index is 2.02. The predicted molar refractivity (Wildman–Crippen MR) is 75.3 cm³/mol. The van der Waals surface area contributed by atoms with E-state index in [-0.39, 0.29) is 12.2 Å². The third-order valence-corrected chi connectivity index (χ3v) is 3.63. The Morgan fingerprint density at radius 1 is 1.11 bits per heavy atom. The molecule has 0 saturated carbocycles. The molecule has 2 rings (SSSR count). The Bertz CT molecular complexity index is 389. The molecule has 1 aromatic carbocycles. The molecule has 0 radical (unpaired) electrons. The van der Waals surface area contributed by atoms with Crippen LogP contribution in [0.25, 0.3) is 0 Å². The van der Waals surface area contributed by atoms with E-state index < -0.39 is 5.79 Å². The number of ether oxygens (including phenoxy) is 3. The Morgan fingerprint density at radius 3 is 2.21 bits per heavy atom. The highest BCUT2D eigenvalue weighted by Crippen LogP contribution is 2.37. The summed E-state index contributed by atoms with van der Waals surface area (Å²) in [6.07, 6.45) is 2.46. The minimum Gasteiger partial charge on any atom is -0.494 e. The molecule has 2 unspecified atom stereocenters. The van der Waals surface area contributed by atoms with Crippen LogP contribution in [0.5, 0.6) is 5.75 Å². The van der Waals surface area contributed by atoms with E-state index in [1.807, 2.05) is 45.0 Å². The Labute approximate surface area is 115 Å². The van der Waals surface area contributed by atoms with E-state index in [9.17, 15) is 0 Å². The fraction of sp³-hybridized carbons (Fsp3) is 0.625. The molecule has 0 aromatic heterocycles. The van der Waals surface area contributed by atoms with Crippen molar-refractivity contribution in [3.05, 3.63) is 29.8 Å². The van der Waals surface area contributed by atoms with Gasteiger partial charge in [0.15, 0.2) is 5.79 Å². The van der Waals surface area contributed by atoms with Gasteiger partial charge in [0, 0.05) is 5.56 Å². The van der Waals surface area contributed by atoms with E-state index in [0.29, 0.717) is 0 Å². The lowest BCUT2D eigenvalue weighted by molar-refractivity contribution is -0.166. The summed E-state index contributed by atoms with van der Waals surface area (Å²) in [7, 11) is 0. The second-order valence-corrected chi connectivity index (χ2v) is 5.32. The van der Waals surface area contributed by atoms with Gasteiger partial charge in [0.2, 0.25) is 0 Å². The molecule has 1 aliphatic rings. The first-order valence-corrected chi connectivity index (χ1v) is 7.14. The van der Waals surface area contributed by atoms with Gasteiger partial charge in [-0.15, -0.1) is 0 Å². The lowest BCUT2D eigenvalue weighted by Crippen LogP contribution is -2.23. The van der Waals surface area contributed by atoms with Gasteiger partial charge in [0.25, 0.3) is 0 Å². The minimum absolute atomic E-state index is 0.116. The average Bonchev–Trinajstić information content (AvgIpc) is 2.65. The van der Waals surface area contributed by atoms with Crippen LogP contribution in [0.15, 0.2) is 24.3 Å². The summed E-state index contributed by atoms with van der Waals surface area (Å²) >= 11 is 0. The standard InChI is InChI=1S/C16H24O3/c1-5-6-11-17-15-9-7-14(8-10-15)16(4)18-12(2)13(3)19-16/h7-10,12-13H,5-6,11H2,1-4H3. The molecule has 106 valence electrons. The highest BCUT2D eigenvalue weighted by molar-refractivity contribution is 5.30. The van der Waals surface area contributed by atoms with Crippen molar-refractivity contribution in [3.63, 3.8) is 0 Å². The Kier molecular flexibility index (Phi) is 4.48. The molecule has 3 heteroatoms. The van der Waals surface area contributed by atoms with Gasteiger partial charge in [-0.05, 0) is 51.5 Å². The van der Waals surface area contributed by atoms with Crippen molar-refractivity contribution < 1.29 is 14.2 Å². The van der Waals surface area contributed by atoms with Gasteiger partial charge in [-0.25, -0.2) is 0 Å². The molecule has 1 aliphatic heterocycles. The average molecular weight is 264 g/mol. The molecule has 1 fully saturated rings. The fourth-order valence-corrected chi connectivity index (χ4v) is 2.25. The van der Waals surface area contributed by atoms with Gasteiger partial charge in [0.1, 0.15) is 5.75 Å². The second-order valence-electron chi connectivity index (χ2n) is 5.32. The molecule has 0 spiro atoms. The van der Waals surface area contributed by atoms with E-state index in [4.69, 9.17) is 14.2 Å². The molecule has 0 amide bonds. The van der Waals surface area contributed by atoms with Crippen LogP contribution in [0.3, 0.4) is 0 Å². The van der Waals surface area contributed by atoms with Crippen LogP contribution in [0, 0.1) is 0 Å². The third kappa shape index (κ3) is 3.28. The zero-order valence-electron chi connectivity index (χ0n) is 12.3. The van der Waals surface area contributed by atoms with Crippen LogP contribution in [0.4, 0.5) is 0 Å². The van der Waals surface area contributed by atoms with Gasteiger partial charge in [-0.3, -0.25) is 0 Å². The summed E-state index contributed by atoms with van der Waals surface area (Å²) in [6.45, 7) is 8.98. The zero-order valence-corrected chi connectivity index (χ0v) is 12.3. The van der Waals surface area contributed by atoms with E-state index in [1.165, 1.54) is 0 Å². The van der Waals surface area contributed by atoms with Crippen molar-refractivity contribution in [2.75, 3.05) is 6.61 Å². The lowest BCUT2D eigenvalue weighted by Gasteiger charge is -2.23. The van der Waals surface area contributed by atoms with Crippen molar-refractivity contribution >= 4 is 0 Å². The van der Waals surface area contributed by atoms with Crippen molar-refractivity contribution in [2.45, 2.75) is 58.5 Å². The Morgan fingerprint density at radius 2 is 1.68 bits per heavy atom. The van der Waals surface area contributed by atoms with E-state index >= 15 is 0 Å². The smallest absolute Gasteiger partial charge is 0.192 e. The number of rotatable bonds is 5. The van der Waals surface area contributed by atoms with Crippen LogP contribution < -0.4 is 4.74 Å². The largest absolute Gasteiger partial charge is 0.494 e. The number of hydrogen-bond acceptors (Lipinski definition) is 3. The molecule has 0 bridgehead atoms. The quantitative estimate of drug-likeness (QED) is 0.756. The Hall–Kier alpha value is -1.06. The van der Waals surface area contributed by atoms with Crippen LogP contribution in [0.1, 0.15) is 46.1 Å². The molecular formula is C16H24O3. The first-order valence-electron chi connectivity index (χ1n) is 7.14. The first-order chi connectivity index (χ1) is 9.05. The molecular weight excluding hydrogens is 240 g/mol. The number of unbranched alkanes of at least 4 members (excludes halogenated alkanes) is 1. The molecule has 2 atom stereocenters. The third-order valence-electron chi connectivity index (χ3n) is 3.63. The predicted octanol–water partition coefficient (Wildman–Crippen LogP) is 3.86. The molecule has 1 aromatic rings. The summed E-state index contributed by atoms with van der Waals surface area (Å²) in [5.41, 5.74) is 1.03. The summed E-state index contributed by atoms with van der Waals surface area (Å²) in [5, 5.41) is 0. The van der Waals surface area contributed by atoms with Crippen molar-refractivity contribution in [1.29, 1.82) is 0 Å². The van der Waals surface area contributed by atoms with E-state index in [0.717, 1.165) is 30.8 Å². The second kappa shape index (κ2) is 5.93. The van der Waals surface area contributed by atoms with E-state index in [1.54, 1.807) is 0 Å². The normalized spacial score (nSPS) is 30.5. The summed E-state index contributed by atoms with van der Waals surface area (Å²) in [5.74, 6) is 0.265. The maximum absolute atomic E-state index is 5.92. The minimum atomic E-state index is -0.638. The van der Waals surface area contributed by atoms with Gasteiger partial charge in [0.05, 0.1) is 18.8 Å². The number of hydrogen-bond donors (Lipinski definition) is 0. The zero-order chi connectivity index (χ0) is 13.9. The van der Waals surface area contributed by atoms with Crippen LogP contribution in [-0.2, 0) is 15.3 Å². The maximum atomic E-state index is 5.92. The van der Waals surface area contributed by atoms with Crippen molar-refractivity contribution in [3.8, 4) is 5.75 Å². The fourth-order valence-electron chi connectivity index (χ4n) is 2.25. The molecule has 19 heavy (non-hydrogen) atoms. The van der Waals surface area contributed by atoms with Gasteiger partial charge in [-0.1, -0.05) is 13.3 Å². The molecule has 1 heterocycles. The van der Waals surface area contributed by atoms with Gasteiger partial charge in [-0.2, -0.15) is 0 Å². The van der Waals surface area contributed by atoms with Crippen LogP contribution in [-0.4, -0.2) is 18.8 Å². The first kappa shape index (κ1) is 14.4. The van der Waals surface area contributed by atoms with Gasteiger partial charge >= 0.3 is 0 Å². The molecule has 0 N–H and O–H groups in total. The molecule has 1 saturated heterocycles. The summed E-state index contributed by atoms with van der Waals surface area (Å²) in [6, 6.07) is 8.01. The summed E-state index contributed by atoms with van der Waals surface area (Å²) < 4.78 is 17.5. The SMILES string of the molecule is CCCCOc1ccc(C2(C)OC(C)C(C)O2)cc1. The summed E-state index contributed by atoms with van der Waals surface area (Å²) in [4.78, 5) is 0. The van der Waals surface area contributed by atoms with Crippen molar-refractivity contribution in [1.82, 2.24) is 0 Å². The lowest BCUT2D eigenvalue weighted by atomic mass is 10.1. The van der Waals surface area contributed by atoms with E-state index in [2.05, 4.69) is 6.92 Å². The topological polar surface area (TPSA) is 27.7 Å². The molecule has 0 aliphatic carbocycles. The maximum Gasteiger partial charge on any atom is 0.192 e. The highest BCUT2D eigenvalue weighted by atomic mass is 16.8.